The Morgan fingerprint density at radius 3 is 2.82 bits per heavy atom. The molecule has 3 N–H and O–H groups in total. The third-order valence-corrected chi connectivity index (χ3v) is 2.96. The summed E-state index contributed by atoms with van der Waals surface area (Å²) < 4.78 is 5.12. The smallest absolute Gasteiger partial charge is 0.315 e. The first-order valence-corrected chi connectivity index (χ1v) is 5.41. The molecular formula is C11H18N2O4. The minimum atomic E-state index is -1.07. The van der Waals surface area contributed by atoms with Gasteiger partial charge in [-0.15, -0.1) is 6.58 Å². The van der Waals surface area contributed by atoms with Crippen molar-refractivity contribution in [2.75, 3.05) is 13.2 Å². The van der Waals surface area contributed by atoms with E-state index in [1.54, 1.807) is 19.9 Å². The third-order valence-electron chi connectivity index (χ3n) is 2.96. The standard InChI is InChI=1S/C11H18N2O4/c1-4-7(2)12-10(16)13-8-5-17-6-11(8,3)9(14)15/h4,7-8H,1,5-6H2,2-3H3,(H,14,15)(H2,12,13,16). The van der Waals surface area contributed by atoms with E-state index < -0.39 is 23.5 Å². The fourth-order valence-electron chi connectivity index (χ4n) is 1.55. The molecular weight excluding hydrogens is 224 g/mol. The van der Waals surface area contributed by atoms with Crippen LogP contribution in [-0.4, -0.2) is 42.4 Å². The lowest BCUT2D eigenvalue weighted by Crippen LogP contribution is -2.53. The van der Waals surface area contributed by atoms with Crippen molar-refractivity contribution in [3.05, 3.63) is 12.7 Å². The van der Waals surface area contributed by atoms with E-state index in [-0.39, 0.29) is 19.3 Å². The predicted octanol–water partition coefficient (Wildman–Crippen LogP) is 0.350. The van der Waals surface area contributed by atoms with E-state index >= 15 is 0 Å². The summed E-state index contributed by atoms with van der Waals surface area (Å²) in [7, 11) is 0. The van der Waals surface area contributed by atoms with Crippen molar-refractivity contribution >= 4 is 12.0 Å². The highest BCUT2D eigenvalue weighted by Crippen LogP contribution is 2.28. The van der Waals surface area contributed by atoms with Crippen molar-refractivity contribution in [3.8, 4) is 0 Å². The maximum Gasteiger partial charge on any atom is 0.315 e. The number of ether oxygens (including phenoxy) is 1. The number of hydrogen-bond donors (Lipinski definition) is 3. The fourth-order valence-corrected chi connectivity index (χ4v) is 1.55. The molecule has 0 bridgehead atoms. The van der Waals surface area contributed by atoms with E-state index in [1.165, 1.54) is 0 Å². The minimum absolute atomic E-state index is 0.101. The summed E-state index contributed by atoms with van der Waals surface area (Å²) in [5.41, 5.74) is -1.07. The molecule has 2 amide bonds. The van der Waals surface area contributed by atoms with Gasteiger partial charge in [-0.2, -0.15) is 0 Å². The van der Waals surface area contributed by atoms with Gasteiger partial charge in [0.15, 0.2) is 0 Å². The van der Waals surface area contributed by atoms with E-state index in [2.05, 4.69) is 17.2 Å². The van der Waals surface area contributed by atoms with Crippen molar-refractivity contribution < 1.29 is 19.4 Å². The van der Waals surface area contributed by atoms with Crippen molar-refractivity contribution in [2.45, 2.75) is 25.9 Å². The summed E-state index contributed by atoms with van der Waals surface area (Å²) in [5.74, 6) is -0.975. The van der Waals surface area contributed by atoms with Crippen molar-refractivity contribution in [1.82, 2.24) is 10.6 Å². The number of nitrogens with one attached hydrogen (secondary N) is 2. The Kier molecular flexibility index (Phi) is 4.11. The lowest BCUT2D eigenvalue weighted by atomic mass is 9.85. The fraction of sp³-hybridized carbons (Fsp3) is 0.636. The Bertz CT molecular complexity index is 331. The molecule has 3 atom stereocenters. The van der Waals surface area contributed by atoms with Crippen LogP contribution in [-0.2, 0) is 9.53 Å². The number of rotatable bonds is 4. The zero-order valence-electron chi connectivity index (χ0n) is 10.0. The van der Waals surface area contributed by atoms with Crippen LogP contribution in [0.3, 0.4) is 0 Å². The summed E-state index contributed by atoms with van der Waals surface area (Å²) in [6.45, 7) is 7.18. The Hall–Kier alpha value is -1.56. The number of carboxylic acids is 1. The van der Waals surface area contributed by atoms with E-state index in [0.717, 1.165) is 0 Å². The van der Waals surface area contributed by atoms with Crippen LogP contribution in [0, 0.1) is 5.41 Å². The predicted molar refractivity (Wildman–Crippen MR) is 61.7 cm³/mol. The van der Waals surface area contributed by atoms with Gasteiger partial charge in [-0.3, -0.25) is 4.79 Å². The molecule has 17 heavy (non-hydrogen) atoms. The topological polar surface area (TPSA) is 87.7 Å². The van der Waals surface area contributed by atoms with Crippen LogP contribution in [0.4, 0.5) is 4.79 Å². The molecule has 1 aliphatic heterocycles. The molecule has 1 saturated heterocycles. The van der Waals surface area contributed by atoms with Crippen LogP contribution in [0.5, 0.6) is 0 Å². The third kappa shape index (κ3) is 2.97. The van der Waals surface area contributed by atoms with Crippen LogP contribution >= 0.6 is 0 Å². The van der Waals surface area contributed by atoms with E-state index in [0.29, 0.717) is 0 Å². The molecule has 0 aliphatic carbocycles. The van der Waals surface area contributed by atoms with E-state index in [9.17, 15) is 9.59 Å². The molecule has 0 saturated carbocycles. The quantitative estimate of drug-likeness (QED) is 0.621. The van der Waals surface area contributed by atoms with Gasteiger partial charge in [0.05, 0.1) is 19.3 Å². The van der Waals surface area contributed by atoms with Gasteiger partial charge in [0.1, 0.15) is 5.41 Å². The normalized spacial score (nSPS) is 29.4. The lowest BCUT2D eigenvalue weighted by molar-refractivity contribution is -0.148. The molecule has 0 radical (unpaired) electrons. The zero-order valence-corrected chi connectivity index (χ0v) is 10.0. The molecule has 0 aromatic rings. The van der Waals surface area contributed by atoms with Crippen LogP contribution < -0.4 is 10.6 Å². The second-order valence-electron chi connectivity index (χ2n) is 4.43. The Labute approximate surface area is 100 Å². The van der Waals surface area contributed by atoms with Crippen molar-refractivity contribution in [1.29, 1.82) is 0 Å². The first-order chi connectivity index (χ1) is 7.90. The molecule has 1 fully saturated rings. The zero-order chi connectivity index (χ0) is 13.1. The second-order valence-corrected chi connectivity index (χ2v) is 4.43. The average Bonchev–Trinajstić information content (AvgIpc) is 2.61. The summed E-state index contributed by atoms with van der Waals surface area (Å²) in [5, 5.41) is 14.3. The van der Waals surface area contributed by atoms with Gasteiger partial charge < -0.3 is 20.5 Å². The van der Waals surface area contributed by atoms with E-state index in [4.69, 9.17) is 9.84 Å². The molecule has 6 heteroatoms. The average molecular weight is 242 g/mol. The molecule has 0 aromatic heterocycles. The molecule has 0 spiro atoms. The number of aliphatic carboxylic acids is 1. The molecule has 0 aromatic carbocycles. The monoisotopic (exact) mass is 242 g/mol. The highest BCUT2D eigenvalue weighted by Gasteiger charge is 2.47. The van der Waals surface area contributed by atoms with Crippen LogP contribution in [0.2, 0.25) is 0 Å². The first-order valence-electron chi connectivity index (χ1n) is 5.41. The van der Waals surface area contributed by atoms with Gasteiger partial charge in [-0.25, -0.2) is 4.79 Å². The summed E-state index contributed by atoms with van der Waals surface area (Å²) in [4.78, 5) is 22.7. The summed E-state index contributed by atoms with van der Waals surface area (Å²) in [6.07, 6.45) is 1.58. The maximum atomic E-state index is 11.6. The molecule has 6 nitrogen and oxygen atoms in total. The Morgan fingerprint density at radius 2 is 2.29 bits per heavy atom. The van der Waals surface area contributed by atoms with E-state index in [1.807, 2.05) is 0 Å². The first kappa shape index (κ1) is 13.5. The van der Waals surface area contributed by atoms with Gasteiger partial charge >= 0.3 is 12.0 Å². The molecule has 1 heterocycles. The number of carbonyl (C=O) groups excluding carboxylic acids is 1. The van der Waals surface area contributed by atoms with Gasteiger partial charge in [0.2, 0.25) is 0 Å². The van der Waals surface area contributed by atoms with Gasteiger partial charge in [-0.1, -0.05) is 6.08 Å². The lowest BCUT2D eigenvalue weighted by Gasteiger charge is -2.25. The highest BCUT2D eigenvalue weighted by atomic mass is 16.5. The molecule has 1 aliphatic rings. The minimum Gasteiger partial charge on any atom is -0.481 e. The van der Waals surface area contributed by atoms with Crippen molar-refractivity contribution in [2.24, 2.45) is 5.41 Å². The highest BCUT2D eigenvalue weighted by molar-refractivity contribution is 5.79. The van der Waals surface area contributed by atoms with Gasteiger partial charge in [-0.05, 0) is 13.8 Å². The summed E-state index contributed by atoms with van der Waals surface area (Å²) in [6, 6.07) is -1.12. The number of urea groups is 1. The van der Waals surface area contributed by atoms with Crippen LogP contribution in [0.1, 0.15) is 13.8 Å². The maximum absolute atomic E-state index is 11.6. The summed E-state index contributed by atoms with van der Waals surface area (Å²) >= 11 is 0. The Balaban J connectivity index is 2.59. The van der Waals surface area contributed by atoms with Gasteiger partial charge in [0, 0.05) is 6.04 Å². The van der Waals surface area contributed by atoms with Gasteiger partial charge in [0.25, 0.3) is 0 Å². The molecule has 3 unspecified atom stereocenters. The van der Waals surface area contributed by atoms with Crippen molar-refractivity contribution in [3.63, 3.8) is 0 Å². The number of carboxylic acid groups (broad SMARTS) is 1. The van der Waals surface area contributed by atoms with Crippen LogP contribution in [0.15, 0.2) is 12.7 Å². The molecule has 1 rings (SSSR count). The Morgan fingerprint density at radius 1 is 1.65 bits per heavy atom. The molecule has 96 valence electrons. The number of amides is 2. The second kappa shape index (κ2) is 5.18. The van der Waals surface area contributed by atoms with Crippen LogP contribution in [0.25, 0.3) is 0 Å². The largest absolute Gasteiger partial charge is 0.481 e. The number of carbonyl (C=O) groups is 2. The number of hydrogen-bond acceptors (Lipinski definition) is 3. The SMILES string of the molecule is C=CC(C)NC(=O)NC1COCC1(C)C(=O)O.